The zero-order valence-electron chi connectivity index (χ0n) is 17.5. The number of methoxy groups -OCH3 is 1. The topological polar surface area (TPSA) is 43.5 Å². The first-order chi connectivity index (χ1) is 13.3. The van der Waals surface area contributed by atoms with Crippen LogP contribution in [-0.4, -0.2) is 37.6 Å². The van der Waals surface area contributed by atoms with Gasteiger partial charge in [0.2, 0.25) is 5.69 Å². The smallest absolute Gasteiger partial charge is 0.337 e. The molecular weight excluding hydrogens is 448 g/mol. The van der Waals surface area contributed by atoms with Gasteiger partial charge in [0, 0.05) is 43.1 Å². The van der Waals surface area contributed by atoms with Crippen LogP contribution < -0.4 is 26.9 Å². The number of anilines is 1. The molecule has 0 spiro atoms. The highest BCUT2D eigenvalue weighted by Gasteiger charge is 2.30. The minimum atomic E-state index is -0.310. The van der Waals surface area contributed by atoms with E-state index in [1.807, 2.05) is 26.2 Å². The molecule has 0 bridgehead atoms. The molecule has 2 aromatic rings. The fourth-order valence-corrected chi connectivity index (χ4v) is 4.38. The van der Waals surface area contributed by atoms with Crippen LogP contribution in [-0.2, 0) is 4.74 Å². The number of nitrogens with one attached hydrogen (secondary N) is 1. The lowest BCUT2D eigenvalue weighted by molar-refractivity contribution is -0.357. The molecule has 0 aromatic heterocycles. The Kier molecular flexibility index (Phi) is 7.72. The summed E-state index contributed by atoms with van der Waals surface area (Å²) in [5.41, 5.74) is 5.09. The number of nitrogens with zero attached hydrogens (tertiary/aromatic N) is 1. The largest absolute Gasteiger partial charge is 1.00 e. The van der Waals surface area contributed by atoms with Crippen LogP contribution >= 0.6 is 11.8 Å². The first kappa shape index (κ1) is 23.2. The third-order valence-corrected chi connectivity index (χ3v) is 5.84. The Morgan fingerprint density at radius 1 is 1.14 bits per heavy atom. The molecule has 0 atom stereocenters. The number of carbonyl (C=O) groups is 1. The van der Waals surface area contributed by atoms with Crippen LogP contribution in [0.15, 0.2) is 53.4 Å². The molecule has 1 aliphatic heterocycles. The summed E-state index contributed by atoms with van der Waals surface area (Å²) >= 11 is 1.78. The summed E-state index contributed by atoms with van der Waals surface area (Å²) in [7, 11) is 5.49. The summed E-state index contributed by atoms with van der Waals surface area (Å²) in [5.74, 6) is -0.310. The third kappa shape index (κ3) is 5.97. The van der Waals surface area contributed by atoms with Crippen molar-refractivity contribution in [1.29, 1.82) is 0 Å². The van der Waals surface area contributed by atoms with E-state index in [0.717, 1.165) is 28.3 Å². The lowest BCUT2D eigenvalue weighted by Crippen LogP contribution is -3.00. The van der Waals surface area contributed by atoms with E-state index < -0.39 is 0 Å². The van der Waals surface area contributed by atoms with E-state index in [1.165, 1.54) is 12.8 Å². The highest BCUT2D eigenvalue weighted by atomic mass is 79.9. The Bertz CT molecular complexity index is 934. The zero-order chi connectivity index (χ0) is 20.3. The molecule has 29 heavy (non-hydrogen) atoms. The molecule has 6 heteroatoms. The molecule has 154 valence electrons. The van der Waals surface area contributed by atoms with Crippen LogP contribution in [0.4, 0.5) is 11.4 Å². The van der Waals surface area contributed by atoms with E-state index in [4.69, 9.17) is 4.74 Å². The molecule has 0 saturated heterocycles. The number of hydrogen-bond acceptors (Lipinski definition) is 4. The monoisotopic (exact) mass is 474 g/mol. The molecule has 1 heterocycles. The average Bonchev–Trinajstić information content (AvgIpc) is 2.79. The maximum Gasteiger partial charge on any atom is 0.337 e. The van der Waals surface area contributed by atoms with Crippen LogP contribution in [0.1, 0.15) is 36.2 Å². The fourth-order valence-electron chi connectivity index (χ4n) is 3.15. The van der Waals surface area contributed by atoms with E-state index in [-0.39, 0.29) is 27.7 Å². The second-order valence-electron chi connectivity index (χ2n) is 7.71. The van der Waals surface area contributed by atoms with E-state index in [0.29, 0.717) is 5.56 Å². The summed E-state index contributed by atoms with van der Waals surface area (Å²) < 4.78 is 4.86. The molecule has 3 rings (SSSR count). The Hall–Kier alpha value is -2.05. The number of rotatable bonds is 4. The number of carbonyl (C=O) groups excluding carboxylic acids is 1. The Morgan fingerprint density at radius 2 is 1.83 bits per heavy atom. The SMILES string of the molecule is COC(=O)c1ccc2c(c1)SC(C)(C)CC(/C=C/c1ccc(N(C)C)cc1)=[NH+]2.[Br-]. The summed E-state index contributed by atoms with van der Waals surface area (Å²) in [6, 6.07) is 14.2. The third-order valence-electron chi connectivity index (χ3n) is 4.59. The van der Waals surface area contributed by atoms with Crippen LogP contribution in [0.5, 0.6) is 0 Å². The number of fused-ring (bicyclic) bond motifs is 1. The normalized spacial score (nSPS) is 15.0. The molecule has 0 aliphatic carbocycles. The van der Waals surface area contributed by atoms with Gasteiger partial charge in [0.25, 0.3) is 0 Å². The van der Waals surface area contributed by atoms with Gasteiger partial charge < -0.3 is 26.6 Å². The van der Waals surface area contributed by atoms with Crippen molar-refractivity contribution in [3.8, 4) is 0 Å². The van der Waals surface area contributed by atoms with Crippen molar-refractivity contribution in [2.24, 2.45) is 0 Å². The van der Waals surface area contributed by atoms with Crippen LogP contribution in [0.2, 0.25) is 0 Å². The minimum absolute atomic E-state index is 0. The molecule has 1 aliphatic rings. The first-order valence-corrected chi connectivity index (χ1v) is 10.1. The van der Waals surface area contributed by atoms with Gasteiger partial charge in [-0.15, -0.1) is 11.8 Å². The van der Waals surface area contributed by atoms with Crippen LogP contribution in [0.3, 0.4) is 0 Å². The number of benzene rings is 2. The van der Waals surface area contributed by atoms with Crippen molar-refractivity contribution < 1.29 is 31.5 Å². The fraction of sp³-hybridized carbons (Fsp3) is 0.304. The highest BCUT2D eigenvalue weighted by molar-refractivity contribution is 8.00. The number of ether oxygens (including phenoxy) is 1. The molecule has 0 amide bonds. The molecule has 0 radical (unpaired) electrons. The van der Waals surface area contributed by atoms with Gasteiger partial charge in [0.15, 0.2) is 5.71 Å². The highest BCUT2D eigenvalue weighted by Crippen LogP contribution is 2.39. The van der Waals surface area contributed by atoms with Gasteiger partial charge in [-0.1, -0.05) is 12.1 Å². The second-order valence-corrected chi connectivity index (χ2v) is 9.46. The van der Waals surface area contributed by atoms with E-state index in [2.05, 4.69) is 60.2 Å². The van der Waals surface area contributed by atoms with Crippen molar-refractivity contribution in [2.45, 2.75) is 29.9 Å². The van der Waals surface area contributed by atoms with Crippen LogP contribution in [0.25, 0.3) is 6.08 Å². The van der Waals surface area contributed by atoms with Gasteiger partial charge in [0.1, 0.15) is 0 Å². The molecular formula is C23H27BrN2O2S. The number of halogens is 1. The molecule has 4 nitrogen and oxygen atoms in total. The Morgan fingerprint density at radius 3 is 2.45 bits per heavy atom. The van der Waals surface area contributed by atoms with Gasteiger partial charge in [-0.2, -0.15) is 0 Å². The zero-order valence-corrected chi connectivity index (χ0v) is 19.9. The van der Waals surface area contributed by atoms with Gasteiger partial charge in [-0.3, -0.25) is 0 Å². The Balaban J connectivity index is 0.00000300. The van der Waals surface area contributed by atoms with Crippen molar-refractivity contribution in [2.75, 3.05) is 26.1 Å². The summed E-state index contributed by atoms with van der Waals surface area (Å²) in [5, 5.41) is 0. The average molecular weight is 475 g/mol. The van der Waals surface area contributed by atoms with Crippen molar-refractivity contribution in [1.82, 2.24) is 0 Å². The molecule has 0 unspecified atom stereocenters. The first-order valence-electron chi connectivity index (χ1n) is 9.27. The predicted molar refractivity (Wildman–Crippen MR) is 118 cm³/mol. The van der Waals surface area contributed by atoms with Crippen LogP contribution in [0, 0.1) is 0 Å². The van der Waals surface area contributed by atoms with Gasteiger partial charge in [0.05, 0.1) is 17.6 Å². The van der Waals surface area contributed by atoms with Gasteiger partial charge >= 0.3 is 5.97 Å². The maximum atomic E-state index is 11.9. The van der Waals surface area contributed by atoms with Gasteiger partial charge in [-0.25, -0.2) is 9.79 Å². The van der Waals surface area contributed by atoms with E-state index in [9.17, 15) is 4.79 Å². The maximum absolute atomic E-state index is 11.9. The van der Waals surface area contributed by atoms with Crippen molar-refractivity contribution >= 4 is 40.9 Å². The van der Waals surface area contributed by atoms with Gasteiger partial charge in [-0.05, 0) is 49.8 Å². The molecule has 2 aromatic carbocycles. The van der Waals surface area contributed by atoms with E-state index in [1.54, 1.807) is 17.8 Å². The van der Waals surface area contributed by atoms with Crippen molar-refractivity contribution in [3.63, 3.8) is 0 Å². The minimum Gasteiger partial charge on any atom is -1.00 e. The summed E-state index contributed by atoms with van der Waals surface area (Å²) in [6.45, 7) is 4.44. The lowest BCUT2D eigenvalue weighted by atomic mass is 10.0. The number of thioether (sulfide) groups is 1. The Labute approximate surface area is 187 Å². The lowest BCUT2D eigenvalue weighted by Gasteiger charge is -2.20. The quantitative estimate of drug-likeness (QED) is 0.661. The summed E-state index contributed by atoms with van der Waals surface area (Å²) in [6.07, 6.45) is 5.18. The summed E-state index contributed by atoms with van der Waals surface area (Å²) in [4.78, 5) is 18.6. The van der Waals surface area contributed by atoms with Crippen molar-refractivity contribution in [3.05, 3.63) is 59.7 Å². The number of hydrogen-bond donors (Lipinski definition) is 1. The molecule has 0 saturated carbocycles. The second kappa shape index (κ2) is 9.63. The predicted octanol–water partition coefficient (Wildman–Crippen LogP) is 0.684. The van der Waals surface area contributed by atoms with E-state index >= 15 is 0 Å². The molecule has 0 fully saturated rings. The molecule has 1 N–H and O–H groups in total. The number of esters is 1. The number of allylic oxidation sites excluding steroid dienone is 1. The standard InChI is InChI=1S/C23H26N2O2S.BrH/c1-23(2)15-18(10-6-16-7-11-19(12-8-16)25(3)4)24-20-13-9-17(22(26)27-5)14-21(20)28-23;/h6-14H,15H2,1-5H3;1H/b10-6+;.